The van der Waals surface area contributed by atoms with Crippen molar-refractivity contribution in [3.63, 3.8) is 0 Å². The molecule has 0 aliphatic carbocycles. The van der Waals surface area contributed by atoms with Crippen LogP contribution in [0.3, 0.4) is 0 Å². The SMILES string of the molecule is C=C(Cc1ccccc1)Nc1cncc(C(=C)/C=c2/c(-c3cc4c(-c5cccnc5)cccc4[nH]3)n[nH]/c2=C/C)c1. The van der Waals surface area contributed by atoms with Crippen LogP contribution in [0.2, 0.25) is 0 Å². The van der Waals surface area contributed by atoms with E-state index in [2.05, 4.69) is 92.2 Å². The van der Waals surface area contributed by atoms with E-state index >= 15 is 0 Å². The number of allylic oxidation sites excluding steroid dienone is 2. The predicted octanol–water partition coefficient (Wildman–Crippen LogP) is 6.48. The second kappa shape index (κ2) is 11.3. The topological polar surface area (TPSA) is 82.3 Å². The van der Waals surface area contributed by atoms with Crippen LogP contribution in [0.5, 0.6) is 0 Å². The highest BCUT2D eigenvalue weighted by Gasteiger charge is 2.13. The van der Waals surface area contributed by atoms with Crippen LogP contribution >= 0.6 is 0 Å². The maximum absolute atomic E-state index is 4.69. The monoisotopic (exact) mass is 534 g/mol. The second-order valence-corrected chi connectivity index (χ2v) is 9.90. The minimum atomic E-state index is 0.735. The third kappa shape index (κ3) is 5.49. The quantitative estimate of drug-likeness (QED) is 0.209. The summed E-state index contributed by atoms with van der Waals surface area (Å²) in [6, 6.07) is 24.7. The standard InChI is InChI=1S/C35H30N6/c1-4-32-31(16-23(2)27-18-28(22-37-21-27)38-24(3)17-25-10-6-5-7-11-25)35(41-40-32)34-19-30-29(13-8-14-33(30)39-34)26-12-9-15-36-20-26/h4-16,18-22,38-40H,2-3,17H2,1H3/b31-16+,32-4+. The number of aromatic amines is 2. The van der Waals surface area contributed by atoms with Gasteiger partial charge in [-0.1, -0.05) is 67.8 Å². The Morgan fingerprint density at radius 3 is 2.61 bits per heavy atom. The molecule has 0 saturated carbocycles. The number of hydrogen-bond donors (Lipinski definition) is 3. The van der Waals surface area contributed by atoms with Crippen LogP contribution in [-0.2, 0) is 6.42 Å². The minimum Gasteiger partial charge on any atom is -0.358 e. The first kappa shape index (κ1) is 25.8. The summed E-state index contributed by atoms with van der Waals surface area (Å²) in [4.78, 5) is 12.3. The Labute approximate surface area is 238 Å². The summed E-state index contributed by atoms with van der Waals surface area (Å²) in [7, 11) is 0. The molecular formula is C35H30N6. The van der Waals surface area contributed by atoms with E-state index in [-0.39, 0.29) is 0 Å². The van der Waals surface area contributed by atoms with Gasteiger partial charge in [0.1, 0.15) is 5.69 Å². The minimum absolute atomic E-state index is 0.735. The number of H-pyrrole nitrogens is 2. The highest BCUT2D eigenvalue weighted by Crippen LogP contribution is 2.31. The van der Waals surface area contributed by atoms with Crippen LogP contribution in [0, 0.1) is 0 Å². The van der Waals surface area contributed by atoms with Crippen molar-refractivity contribution in [3.8, 4) is 22.5 Å². The number of nitrogens with zero attached hydrogens (tertiary/aromatic N) is 3. The van der Waals surface area contributed by atoms with Crippen LogP contribution in [0.25, 0.3) is 51.1 Å². The molecule has 200 valence electrons. The van der Waals surface area contributed by atoms with Gasteiger partial charge in [-0.05, 0) is 54.0 Å². The van der Waals surface area contributed by atoms with Gasteiger partial charge in [-0.3, -0.25) is 15.1 Å². The average Bonchev–Trinajstić information content (AvgIpc) is 3.62. The number of aromatic nitrogens is 5. The van der Waals surface area contributed by atoms with Crippen molar-refractivity contribution in [2.45, 2.75) is 13.3 Å². The molecule has 0 aliphatic heterocycles. The molecule has 6 aromatic rings. The van der Waals surface area contributed by atoms with E-state index in [1.165, 1.54) is 5.56 Å². The van der Waals surface area contributed by atoms with Gasteiger partial charge in [-0.2, -0.15) is 5.10 Å². The molecule has 6 rings (SSSR count). The van der Waals surface area contributed by atoms with Crippen molar-refractivity contribution < 1.29 is 0 Å². The van der Waals surface area contributed by atoms with Crippen LogP contribution < -0.4 is 15.9 Å². The largest absolute Gasteiger partial charge is 0.358 e. The van der Waals surface area contributed by atoms with Crippen LogP contribution in [0.1, 0.15) is 18.1 Å². The fourth-order valence-electron chi connectivity index (χ4n) is 5.02. The Balaban J connectivity index is 1.32. The molecule has 0 saturated heterocycles. The van der Waals surface area contributed by atoms with Crippen molar-refractivity contribution in [2.24, 2.45) is 0 Å². The third-order valence-corrected chi connectivity index (χ3v) is 7.02. The Morgan fingerprint density at radius 1 is 0.927 bits per heavy atom. The number of nitrogens with one attached hydrogen (secondary N) is 3. The summed E-state index contributed by atoms with van der Waals surface area (Å²) in [6.45, 7) is 10.6. The lowest BCUT2D eigenvalue weighted by Gasteiger charge is -2.11. The number of hydrogen-bond acceptors (Lipinski definition) is 4. The average molecular weight is 535 g/mol. The molecule has 4 heterocycles. The number of pyridine rings is 2. The zero-order valence-corrected chi connectivity index (χ0v) is 22.9. The van der Waals surface area contributed by atoms with Gasteiger partial charge in [-0.15, -0.1) is 0 Å². The fraction of sp³-hybridized carbons (Fsp3) is 0.0571. The van der Waals surface area contributed by atoms with E-state index in [4.69, 9.17) is 0 Å². The molecule has 0 aliphatic rings. The normalized spacial score (nSPS) is 12.1. The van der Waals surface area contributed by atoms with Crippen molar-refractivity contribution in [1.29, 1.82) is 0 Å². The van der Waals surface area contributed by atoms with Crippen molar-refractivity contribution in [2.75, 3.05) is 5.32 Å². The van der Waals surface area contributed by atoms with Gasteiger partial charge < -0.3 is 10.3 Å². The molecule has 0 radical (unpaired) electrons. The molecule has 0 fully saturated rings. The molecule has 41 heavy (non-hydrogen) atoms. The smallest absolute Gasteiger partial charge is 0.116 e. The van der Waals surface area contributed by atoms with E-state index in [0.29, 0.717) is 0 Å². The van der Waals surface area contributed by atoms with Crippen LogP contribution in [-0.4, -0.2) is 25.1 Å². The third-order valence-electron chi connectivity index (χ3n) is 7.02. The van der Waals surface area contributed by atoms with E-state index in [1.54, 1.807) is 12.4 Å². The Kier molecular flexibility index (Phi) is 7.11. The molecule has 0 amide bonds. The zero-order chi connectivity index (χ0) is 28.2. The molecule has 4 aromatic heterocycles. The van der Waals surface area contributed by atoms with Crippen LogP contribution in [0.15, 0.2) is 116 Å². The lowest BCUT2D eigenvalue weighted by atomic mass is 10.0. The number of fused-ring (bicyclic) bond motifs is 1. The predicted molar refractivity (Wildman–Crippen MR) is 169 cm³/mol. The van der Waals surface area contributed by atoms with Gasteiger partial charge in [0.25, 0.3) is 0 Å². The first-order valence-electron chi connectivity index (χ1n) is 13.5. The van der Waals surface area contributed by atoms with E-state index in [9.17, 15) is 0 Å². The summed E-state index contributed by atoms with van der Waals surface area (Å²) < 4.78 is 0. The lowest BCUT2D eigenvalue weighted by molar-refractivity contribution is 1.06. The van der Waals surface area contributed by atoms with Crippen molar-refractivity contribution in [3.05, 3.63) is 138 Å². The second-order valence-electron chi connectivity index (χ2n) is 9.90. The van der Waals surface area contributed by atoms with Gasteiger partial charge in [0, 0.05) is 58.0 Å². The zero-order valence-electron chi connectivity index (χ0n) is 22.9. The molecular weight excluding hydrogens is 504 g/mol. The summed E-state index contributed by atoms with van der Waals surface area (Å²) >= 11 is 0. The summed E-state index contributed by atoms with van der Waals surface area (Å²) in [5.74, 6) is 0. The molecule has 6 nitrogen and oxygen atoms in total. The fourth-order valence-corrected chi connectivity index (χ4v) is 5.02. The van der Waals surface area contributed by atoms with Gasteiger partial charge >= 0.3 is 0 Å². The van der Waals surface area contributed by atoms with Gasteiger partial charge in [-0.25, -0.2) is 0 Å². The van der Waals surface area contributed by atoms with Gasteiger partial charge in [0.2, 0.25) is 0 Å². The first-order chi connectivity index (χ1) is 20.1. The molecule has 0 unspecified atom stereocenters. The van der Waals surface area contributed by atoms with E-state index in [1.807, 2.05) is 55.7 Å². The molecule has 0 bridgehead atoms. The van der Waals surface area contributed by atoms with Crippen molar-refractivity contribution in [1.82, 2.24) is 25.1 Å². The lowest BCUT2D eigenvalue weighted by Crippen LogP contribution is -2.23. The highest BCUT2D eigenvalue weighted by atomic mass is 15.1. The Hall–Kier alpha value is -5.49. The summed E-state index contributed by atoms with van der Waals surface area (Å²) in [5.41, 5.74) is 9.68. The number of anilines is 1. The molecule has 0 spiro atoms. The van der Waals surface area contributed by atoms with Crippen LogP contribution in [0.4, 0.5) is 5.69 Å². The maximum atomic E-state index is 4.69. The number of benzene rings is 2. The maximum Gasteiger partial charge on any atom is 0.116 e. The first-order valence-corrected chi connectivity index (χ1v) is 13.5. The number of rotatable bonds is 8. The summed E-state index contributed by atoms with van der Waals surface area (Å²) in [5, 5.41) is 14.3. The van der Waals surface area contributed by atoms with Gasteiger partial charge in [0.05, 0.1) is 22.9 Å². The summed E-state index contributed by atoms with van der Waals surface area (Å²) in [6.07, 6.45) is 12.1. The Bertz CT molecular complexity index is 1980. The van der Waals surface area contributed by atoms with Crippen molar-refractivity contribution >= 4 is 34.3 Å². The molecule has 0 atom stereocenters. The van der Waals surface area contributed by atoms with Gasteiger partial charge in [0.15, 0.2) is 0 Å². The van der Waals surface area contributed by atoms with E-state index < -0.39 is 0 Å². The van der Waals surface area contributed by atoms with E-state index in [0.717, 1.165) is 72.9 Å². The molecule has 6 heteroatoms. The Morgan fingerprint density at radius 2 is 1.80 bits per heavy atom. The molecule has 2 aromatic carbocycles. The molecule has 3 N–H and O–H groups in total. The highest BCUT2D eigenvalue weighted by molar-refractivity contribution is 5.98.